The SMILES string of the molecule is CC(C)OCCN1CCC(C(C)(C)OC(C)CN2CCCC2)C1. The van der Waals surface area contributed by atoms with Crippen LogP contribution in [-0.2, 0) is 9.47 Å². The lowest BCUT2D eigenvalue weighted by Gasteiger charge is -2.36. The van der Waals surface area contributed by atoms with Crippen molar-refractivity contribution in [3.05, 3.63) is 0 Å². The molecule has 2 rings (SSSR count). The molecule has 2 unspecified atom stereocenters. The molecule has 0 aromatic carbocycles. The van der Waals surface area contributed by atoms with E-state index in [-0.39, 0.29) is 5.60 Å². The third kappa shape index (κ3) is 6.33. The summed E-state index contributed by atoms with van der Waals surface area (Å²) in [4.78, 5) is 5.08. The normalized spacial score (nSPS) is 25.6. The van der Waals surface area contributed by atoms with E-state index in [1.54, 1.807) is 0 Å². The Morgan fingerprint density at radius 1 is 1.04 bits per heavy atom. The van der Waals surface area contributed by atoms with Gasteiger partial charge >= 0.3 is 0 Å². The molecule has 0 spiro atoms. The summed E-state index contributed by atoms with van der Waals surface area (Å²) >= 11 is 0. The van der Waals surface area contributed by atoms with Gasteiger partial charge in [0.1, 0.15) is 0 Å². The molecule has 23 heavy (non-hydrogen) atoms. The minimum absolute atomic E-state index is 0.0349. The van der Waals surface area contributed by atoms with Crippen molar-refractivity contribution in [2.24, 2.45) is 5.92 Å². The Kier molecular flexibility index (Phi) is 7.33. The summed E-state index contributed by atoms with van der Waals surface area (Å²) in [6.07, 6.45) is 4.60. The average Bonchev–Trinajstić information content (AvgIpc) is 3.09. The fourth-order valence-corrected chi connectivity index (χ4v) is 4.00. The molecule has 2 atom stereocenters. The Morgan fingerprint density at radius 2 is 1.74 bits per heavy atom. The molecule has 2 saturated heterocycles. The van der Waals surface area contributed by atoms with Crippen LogP contribution in [0.15, 0.2) is 0 Å². The van der Waals surface area contributed by atoms with Gasteiger partial charge in [0.05, 0.1) is 24.4 Å². The van der Waals surface area contributed by atoms with Crippen molar-refractivity contribution in [1.29, 1.82) is 0 Å². The Hall–Kier alpha value is -0.160. The van der Waals surface area contributed by atoms with E-state index in [2.05, 4.69) is 44.4 Å². The second kappa shape index (κ2) is 8.80. The van der Waals surface area contributed by atoms with E-state index < -0.39 is 0 Å². The van der Waals surface area contributed by atoms with Gasteiger partial charge in [-0.05, 0) is 73.5 Å². The minimum Gasteiger partial charge on any atom is -0.377 e. The van der Waals surface area contributed by atoms with Gasteiger partial charge < -0.3 is 19.3 Å². The zero-order valence-corrected chi connectivity index (χ0v) is 16.0. The van der Waals surface area contributed by atoms with E-state index in [0.29, 0.717) is 18.1 Å². The number of hydrogen-bond donors (Lipinski definition) is 0. The number of rotatable bonds is 9. The van der Waals surface area contributed by atoms with Crippen LogP contribution in [0.25, 0.3) is 0 Å². The Labute approximate surface area is 143 Å². The summed E-state index contributed by atoms with van der Waals surface area (Å²) in [6.45, 7) is 18.8. The van der Waals surface area contributed by atoms with Gasteiger partial charge in [0.25, 0.3) is 0 Å². The van der Waals surface area contributed by atoms with E-state index >= 15 is 0 Å². The van der Waals surface area contributed by atoms with Crippen LogP contribution < -0.4 is 0 Å². The molecule has 4 heteroatoms. The second-order valence-electron chi connectivity index (χ2n) is 8.25. The third-order valence-corrected chi connectivity index (χ3v) is 5.33. The van der Waals surface area contributed by atoms with E-state index in [0.717, 1.165) is 26.2 Å². The average molecular weight is 327 g/mol. The van der Waals surface area contributed by atoms with Crippen LogP contribution in [0.1, 0.15) is 53.9 Å². The van der Waals surface area contributed by atoms with Crippen molar-refractivity contribution in [2.45, 2.75) is 71.7 Å². The highest BCUT2D eigenvalue weighted by Gasteiger charge is 2.37. The minimum atomic E-state index is -0.0349. The lowest BCUT2D eigenvalue weighted by atomic mass is 9.90. The lowest BCUT2D eigenvalue weighted by Crippen LogP contribution is -2.42. The summed E-state index contributed by atoms with van der Waals surface area (Å²) in [5.74, 6) is 0.627. The first-order valence-electron chi connectivity index (χ1n) is 9.61. The molecule has 0 amide bonds. The molecular formula is C19H38N2O2. The standard InChI is InChI=1S/C19H38N2O2/c1-16(2)22-13-12-21-11-8-18(15-21)19(4,5)23-17(3)14-20-9-6-7-10-20/h16-18H,6-15H2,1-5H3. The molecule has 0 bridgehead atoms. The quantitative estimate of drug-likeness (QED) is 0.650. The number of ether oxygens (including phenoxy) is 2. The monoisotopic (exact) mass is 326 g/mol. The van der Waals surface area contributed by atoms with Crippen molar-refractivity contribution in [2.75, 3.05) is 45.9 Å². The molecule has 2 aliphatic heterocycles. The predicted octanol–water partition coefficient (Wildman–Crippen LogP) is 3.01. The topological polar surface area (TPSA) is 24.9 Å². The highest BCUT2D eigenvalue weighted by Crippen LogP contribution is 2.31. The molecule has 4 nitrogen and oxygen atoms in total. The molecule has 2 aliphatic rings. The zero-order valence-electron chi connectivity index (χ0n) is 16.0. The van der Waals surface area contributed by atoms with Gasteiger partial charge in [-0.1, -0.05) is 0 Å². The Morgan fingerprint density at radius 3 is 2.39 bits per heavy atom. The molecule has 0 radical (unpaired) electrons. The van der Waals surface area contributed by atoms with Crippen LogP contribution in [0.2, 0.25) is 0 Å². The molecule has 0 aliphatic carbocycles. The highest BCUT2D eigenvalue weighted by molar-refractivity contribution is 4.88. The molecule has 136 valence electrons. The summed E-state index contributed by atoms with van der Waals surface area (Å²) < 4.78 is 12.2. The number of nitrogens with zero attached hydrogens (tertiary/aromatic N) is 2. The van der Waals surface area contributed by atoms with Crippen molar-refractivity contribution in [3.8, 4) is 0 Å². The molecule has 2 heterocycles. The largest absolute Gasteiger partial charge is 0.377 e. The van der Waals surface area contributed by atoms with Gasteiger partial charge in [0, 0.05) is 25.6 Å². The number of likely N-dealkylation sites (tertiary alicyclic amines) is 2. The van der Waals surface area contributed by atoms with Crippen LogP contribution in [-0.4, -0.2) is 73.5 Å². The molecule has 0 aromatic rings. The maximum Gasteiger partial charge on any atom is 0.0681 e. The van der Waals surface area contributed by atoms with E-state index in [4.69, 9.17) is 9.47 Å². The van der Waals surface area contributed by atoms with Gasteiger partial charge in [-0.15, -0.1) is 0 Å². The predicted molar refractivity (Wildman–Crippen MR) is 95.9 cm³/mol. The summed E-state index contributed by atoms with van der Waals surface area (Å²) in [7, 11) is 0. The molecule has 0 saturated carbocycles. The van der Waals surface area contributed by atoms with Crippen molar-refractivity contribution < 1.29 is 9.47 Å². The van der Waals surface area contributed by atoms with Crippen molar-refractivity contribution in [1.82, 2.24) is 9.80 Å². The van der Waals surface area contributed by atoms with Gasteiger partial charge in [0.2, 0.25) is 0 Å². The molecule has 0 N–H and O–H groups in total. The fraction of sp³-hybridized carbons (Fsp3) is 1.00. The van der Waals surface area contributed by atoms with Gasteiger partial charge in [0.15, 0.2) is 0 Å². The third-order valence-electron chi connectivity index (χ3n) is 5.33. The molecular weight excluding hydrogens is 288 g/mol. The van der Waals surface area contributed by atoms with Crippen LogP contribution >= 0.6 is 0 Å². The van der Waals surface area contributed by atoms with Crippen molar-refractivity contribution in [3.63, 3.8) is 0 Å². The summed E-state index contributed by atoms with van der Waals surface area (Å²) in [5.41, 5.74) is -0.0349. The molecule has 0 aromatic heterocycles. The maximum atomic E-state index is 6.48. The van der Waals surface area contributed by atoms with E-state index in [9.17, 15) is 0 Å². The van der Waals surface area contributed by atoms with E-state index in [1.807, 2.05) is 0 Å². The van der Waals surface area contributed by atoms with Crippen LogP contribution in [0.4, 0.5) is 0 Å². The van der Waals surface area contributed by atoms with Gasteiger partial charge in [-0.2, -0.15) is 0 Å². The summed E-state index contributed by atoms with van der Waals surface area (Å²) in [5, 5.41) is 0. The maximum absolute atomic E-state index is 6.48. The second-order valence-corrected chi connectivity index (χ2v) is 8.25. The van der Waals surface area contributed by atoms with Gasteiger partial charge in [-0.3, -0.25) is 0 Å². The summed E-state index contributed by atoms with van der Waals surface area (Å²) in [6, 6.07) is 0. The first kappa shape index (κ1) is 19.2. The van der Waals surface area contributed by atoms with Crippen molar-refractivity contribution >= 4 is 0 Å². The molecule has 2 fully saturated rings. The number of hydrogen-bond acceptors (Lipinski definition) is 4. The highest BCUT2D eigenvalue weighted by atomic mass is 16.5. The Bertz CT molecular complexity index is 340. The fourth-order valence-electron chi connectivity index (χ4n) is 4.00. The van der Waals surface area contributed by atoms with Crippen LogP contribution in [0.3, 0.4) is 0 Å². The van der Waals surface area contributed by atoms with Crippen LogP contribution in [0, 0.1) is 5.92 Å². The van der Waals surface area contributed by atoms with E-state index in [1.165, 1.54) is 38.9 Å². The smallest absolute Gasteiger partial charge is 0.0681 e. The van der Waals surface area contributed by atoms with Crippen LogP contribution in [0.5, 0.6) is 0 Å². The Balaban J connectivity index is 1.71. The zero-order chi connectivity index (χ0) is 16.9. The first-order chi connectivity index (χ1) is 10.9. The van der Waals surface area contributed by atoms with Gasteiger partial charge in [-0.25, -0.2) is 0 Å². The lowest BCUT2D eigenvalue weighted by molar-refractivity contribution is -0.103. The first-order valence-corrected chi connectivity index (χ1v) is 9.61.